The Bertz CT molecular complexity index is 308. The predicted molar refractivity (Wildman–Crippen MR) is 64.0 cm³/mol. The third-order valence-corrected chi connectivity index (χ3v) is 3.83. The molecule has 0 aromatic carbocycles. The minimum absolute atomic E-state index is 0.652. The van der Waals surface area contributed by atoms with E-state index in [1.54, 1.807) is 0 Å². The molecule has 15 heavy (non-hydrogen) atoms. The summed E-state index contributed by atoms with van der Waals surface area (Å²) in [7, 11) is 0. The van der Waals surface area contributed by atoms with E-state index in [4.69, 9.17) is 5.73 Å². The molecule has 2 nitrogen and oxygen atoms in total. The van der Waals surface area contributed by atoms with Gasteiger partial charge in [-0.1, -0.05) is 12.8 Å². The van der Waals surface area contributed by atoms with Gasteiger partial charge in [0.25, 0.3) is 0 Å². The maximum atomic E-state index is 5.89. The van der Waals surface area contributed by atoms with Crippen molar-refractivity contribution in [3.05, 3.63) is 23.5 Å². The van der Waals surface area contributed by atoms with E-state index in [0.29, 0.717) is 12.0 Å². The zero-order valence-corrected chi connectivity index (χ0v) is 9.87. The largest absolute Gasteiger partial charge is 0.346 e. The molecule has 0 bridgehead atoms. The minimum Gasteiger partial charge on any atom is -0.346 e. The van der Waals surface area contributed by atoms with Crippen LogP contribution in [-0.2, 0) is 0 Å². The Morgan fingerprint density at radius 1 is 1.20 bits per heavy atom. The smallest absolute Gasteiger partial charge is 0.0375 e. The second-order valence-corrected chi connectivity index (χ2v) is 4.83. The maximum absolute atomic E-state index is 5.89. The summed E-state index contributed by atoms with van der Waals surface area (Å²) in [5.74, 6) is 0.684. The molecule has 0 amide bonds. The van der Waals surface area contributed by atoms with Gasteiger partial charge in [-0.15, -0.1) is 0 Å². The van der Waals surface area contributed by atoms with Gasteiger partial charge in [0.2, 0.25) is 0 Å². The highest BCUT2D eigenvalue weighted by molar-refractivity contribution is 5.15. The molecule has 1 heterocycles. The second kappa shape index (κ2) is 4.40. The van der Waals surface area contributed by atoms with Crippen LogP contribution in [0.1, 0.15) is 43.1 Å². The number of hydrogen-bond donors (Lipinski definition) is 1. The zero-order chi connectivity index (χ0) is 10.8. The molecular formula is C13H22N2. The molecule has 2 heteroatoms. The van der Waals surface area contributed by atoms with Crippen LogP contribution in [0.3, 0.4) is 0 Å². The Hall–Kier alpha value is -0.760. The molecule has 84 valence electrons. The van der Waals surface area contributed by atoms with Crippen LogP contribution in [0.5, 0.6) is 0 Å². The standard InChI is InChI=1S/C13H22N2/c1-10-7-8-11(2)15(10)13-6-4-3-5-12(13)9-14/h7-8,12-13H,3-6,9,14H2,1-2H3. The number of nitrogens with two attached hydrogens (primary N) is 1. The summed E-state index contributed by atoms with van der Waals surface area (Å²) in [6.45, 7) is 5.24. The lowest BCUT2D eigenvalue weighted by Gasteiger charge is -2.34. The molecule has 2 unspecified atom stereocenters. The topological polar surface area (TPSA) is 30.9 Å². The lowest BCUT2D eigenvalue weighted by Crippen LogP contribution is -2.30. The first-order valence-corrected chi connectivity index (χ1v) is 6.08. The molecule has 0 radical (unpaired) electrons. The van der Waals surface area contributed by atoms with Crippen molar-refractivity contribution in [1.82, 2.24) is 4.57 Å². The number of hydrogen-bond acceptors (Lipinski definition) is 1. The predicted octanol–water partition coefficient (Wildman–Crippen LogP) is 2.79. The molecule has 0 saturated heterocycles. The van der Waals surface area contributed by atoms with Gasteiger partial charge in [0, 0.05) is 17.4 Å². The lowest BCUT2D eigenvalue weighted by atomic mass is 9.84. The van der Waals surface area contributed by atoms with E-state index in [-0.39, 0.29) is 0 Å². The summed E-state index contributed by atoms with van der Waals surface area (Å²) in [6, 6.07) is 5.09. The van der Waals surface area contributed by atoms with Crippen molar-refractivity contribution in [3.8, 4) is 0 Å². The van der Waals surface area contributed by atoms with Crippen LogP contribution in [0.4, 0.5) is 0 Å². The van der Waals surface area contributed by atoms with Gasteiger partial charge in [0.15, 0.2) is 0 Å². The molecule has 2 N–H and O–H groups in total. The number of rotatable bonds is 2. The first kappa shape index (κ1) is 10.7. The summed E-state index contributed by atoms with van der Waals surface area (Å²) in [5, 5.41) is 0. The van der Waals surface area contributed by atoms with Gasteiger partial charge < -0.3 is 10.3 Å². The van der Waals surface area contributed by atoms with Gasteiger partial charge in [-0.25, -0.2) is 0 Å². The fraction of sp³-hybridized carbons (Fsp3) is 0.692. The van der Waals surface area contributed by atoms with Crippen LogP contribution < -0.4 is 5.73 Å². The fourth-order valence-corrected chi connectivity index (χ4v) is 3.01. The van der Waals surface area contributed by atoms with E-state index < -0.39 is 0 Å². The van der Waals surface area contributed by atoms with Gasteiger partial charge in [0.1, 0.15) is 0 Å². The first-order chi connectivity index (χ1) is 7.24. The Kier molecular flexibility index (Phi) is 3.15. The van der Waals surface area contributed by atoms with Gasteiger partial charge in [0.05, 0.1) is 0 Å². The third-order valence-electron chi connectivity index (χ3n) is 3.83. The molecule has 1 fully saturated rings. The maximum Gasteiger partial charge on any atom is 0.0375 e. The average Bonchev–Trinajstić information content (AvgIpc) is 2.59. The van der Waals surface area contributed by atoms with E-state index in [1.807, 2.05) is 0 Å². The number of aromatic nitrogens is 1. The van der Waals surface area contributed by atoms with Crippen LogP contribution in [0.2, 0.25) is 0 Å². The number of aryl methyl sites for hydroxylation is 2. The lowest BCUT2D eigenvalue weighted by molar-refractivity contribution is 0.240. The summed E-state index contributed by atoms with van der Waals surface area (Å²) in [5.41, 5.74) is 8.66. The fourth-order valence-electron chi connectivity index (χ4n) is 3.01. The van der Waals surface area contributed by atoms with Gasteiger partial charge in [-0.3, -0.25) is 0 Å². The van der Waals surface area contributed by atoms with Gasteiger partial charge >= 0.3 is 0 Å². The quantitative estimate of drug-likeness (QED) is 0.792. The molecule has 1 aromatic heterocycles. The van der Waals surface area contributed by atoms with Crippen LogP contribution in [-0.4, -0.2) is 11.1 Å². The molecule has 0 spiro atoms. The SMILES string of the molecule is Cc1ccc(C)n1C1CCCCC1CN. The van der Waals surface area contributed by atoms with Crippen molar-refractivity contribution < 1.29 is 0 Å². The molecule has 2 atom stereocenters. The van der Waals surface area contributed by atoms with E-state index in [1.165, 1.54) is 37.1 Å². The molecule has 0 aliphatic heterocycles. The van der Waals surface area contributed by atoms with Crippen LogP contribution in [0.25, 0.3) is 0 Å². The minimum atomic E-state index is 0.652. The van der Waals surface area contributed by atoms with Crippen LogP contribution in [0, 0.1) is 19.8 Å². The van der Waals surface area contributed by atoms with Gasteiger partial charge in [-0.05, 0) is 51.3 Å². The van der Waals surface area contributed by atoms with Crippen molar-refractivity contribution in [2.45, 2.75) is 45.6 Å². The normalized spacial score (nSPS) is 26.9. The zero-order valence-electron chi connectivity index (χ0n) is 9.87. The van der Waals surface area contributed by atoms with E-state index in [9.17, 15) is 0 Å². The third kappa shape index (κ3) is 1.96. The summed E-state index contributed by atoms with van der Waals surface area (Å²) in [6.07, 6.45) is 5.33. The molecule has 1 aromatic rings. The van der Waals surface area contributed by atoms with E-state index >= 15 is 0 Å². The van der Waals surface area contributed by atoms with Crippen molar-refractivity contribution in [2.75, 3.05) is 6.54 Å². The van der Waals surface area contributed by atoms with E-state index in [2.05, 4.69) is 30.5 Å². The number of nitrogens with zero attached hydrogens (tertiary/aromatic N) is 1. The average molecular weight is 206 g/mol. The van der Waals surface area contributed by atoms with Crippen molar-refractivity contribution in [2.24, 2.45) is 11.7 Å². The Morgan fingerprint density at radius 2 is 1.80 bits per heavy atom. The van der Waals surface area contributed by atoms with Gasteiger partial charge in [-0.2, -0.15) is 0 Å². The molecular weight excluding hydrogens is 184 g/mol. The monoisotopic (exact) mass is 206 g/mol. The summed E-state index contributed by atoms with van der Waals surface area (Å²) < 4.78 is 2.50. The molecule has 1 saturated carbocycles. The highest BCUT2D eigenvalue weighted by atomic mass is 15.0. The van der Waals surface area contributed by atoms with Crippen LogP contribution >= 0.6 is 0 Å². The Balaban J connectivity index is 2.27. The first-order valence-electron chi connectivity index (χ1n) is 6.08. The molecule has 2 rings (SSSR count). The van der Waals surface area contributed by atoms with Crippen molar-refractivity contribution in [1.29, 1.82) is 0 Å². The summed E-state index contributed by atoms with van der Waals surface area (Å²) in [4.78, 5) is 0. The summed E-state index contributed by atoms with van der Waals surface area (Å²) >= 11 is 0. The van der Waals surface area contributed by atoms with Crippen LogP contribution in [0.15, 0.2) is 12.1 Å². The highest BCUT2D eigenvalue weighted by Crippen LogP contribution is 2.35. The van der Waals surface area contributed by atoms with Crippen molar-refractivity contribution >= 4 is 0 Å². The van der Waals surface area contributed by atoms with Crippen molar-refractivity contribution in [3.63, 3.8) is 0 Å². The van der Waals surface area contributed by atoms with E-state index in [0.717, 1.165) is 6.54 Å². The Labute approximate surface area is 92.5 Å². The Morgan fingerprint density at radius 3 is 2.40 bits per heavy atom. The highest BCUT2D eigenvalue weighted by Gasteiger charge is 2.26. The second-order valence-electron chi connectivity index (χ2n) is 4.83. The molecule has 1 aliphatic carbocycles. The molecule has 1 aliphatic rings.